The number of nitrogens with zero attached hydrogens (tertiary/aromatic N) is 1. The number of hydrogen-bond acceptors (Lipinski definition) is 4. The van der Waals surface area contributed by atoms with Crippen LogP contribution in [0, 0.1) is 12.7 Å². The molecule has 0 aromatic heterocycles. The molecule has 0 heterocycles. The van der Waals surface area contributed by atoms with Gasteiger partial charge in [-0.2, -0.15) is 0 Å². The molecule has 8 heteroatoms. The lowest BCUT2D eigenvalue weighted by molar-refractivity contribution is -0.120. The monoisotopic (exact) mass is 303 g/mol. The third-order valence-electron chi connectivity index (χ3n) is 2.92. The Balaban J connectivity index is 3.04. The van der Waals surface area contributed by atoms with Gasteiger partial charge in [-0.1, -0.05) is 0 Å². The minimum Gasteiger partial charge on any atom is -0.396 e. The molecule has 0 saturated carbocycles. The lowest BCUT2D eigenvalue weighted by Gasteiger charge is -2.18. The normalized spacial score (nSPS) is 11.7. The summed E-state index contributed by atoms with van der Waals surface area (Å²) < 4.78 is 39.0. The van der Waals surface area contributed by atoms with Crippen LogP contribution in [0.4, 0.5) is 10.1 Å². The number of hydrogen-bond donors (Lipinski definition) is 2. The molecular weight excluding hydrogens is 285 g/mol. The third-order valence-corrected chi connectivity index (χ3v) is 4.91. The summed E-state index contributed by atoms with van der Waals surface area (Å²) >= 11 is 0. The van der Waals surface area contributed by atoms with Crippen molar-refractivity contribution in [2.45, 2.75) is 18.2 Å². The molecule has 20 heavy (non-hydrogen) atoms. The molecule has 0 fully saturated rings. The van der Waals surface area contributed by atoms with E-state index in [2.05, 4.69) is 5.32 Å². The largest absolute Gasteiger partial charge is 0.396 e. The molecule has 0 unspecified atom stereocenters. The topological polar surface area (TPSA) is 92.5 Å². The quantitative estimate of drug-likeness (QED) is 0.774. The van der Waals surface area contributed by atoms with Crippen LogP contribution >= 0.6 is 0 Å². The Kier molecular flexibility index (Phi) is 5.07. The Morgan fingerprint density at radius 1 is 1.45 bits per heavy atom. The van der Waals surface area contributed by atoms with Gasteiger partial charge in [-0.25, -0.2) is 17.1 Å². The first-order chi connectivity index (χ1) is 9.20. The van der Waals surface area contributed by atoms with E-state index in [-0.39, 0.29) is 35.0 Å². The van der Waals surface area contributed by atoms with Crippen molar-refractivity contribution in [2.75, 3.05) is 26.4 Å². The second kappa shape index (κ2) is 6.19. The molecule has 112 valence electrons. The fraction of sp³-hybridized carbons (Fsp3) is 0.417. The Morgan fingerprint density at radius 2 is 2.05 bits per heavy atom. The van der Waals surface area contributed by atoms with Crippen molar-refractivity contribution in [1.29, 1.82) is 0 Å². The zero-order valence-electron chi connectivity index (χ0n) is 11.6. The molecule has 1 aromatic carbocycles. The van der Waals surface area contributed by atoms with Crippen molar-refractivity contribution in [2.24, 2.45) is 0 Å². The van der Waals surface area contributed by atoms with Crippen LogP contribution in [0.2, 0.25) is 0 Å². The van der Waals surface area contributed by atoms with Crippen molar-refractivity contribution in [3.05, 3.63) is 23.5 Å². The Morgan fingerprint density at radius 3 is 2.60 bits per heavy atom. The van der Waals surface area contributed by atoms with Crippen LogP contribution in [0.3, 0.4) is 0 Å². The Bertz CT molecular complexity index is 617. The van der Waals surface area contributed by atoms with Gasteiger partial charge in [0.15, 0.2) is 0 Å². The van der Waals surface area contributed by atoms with Crippen LogP contribution in [0.15, 0.2) is 17.0 Å². The minimum atomic E-state index is -3.81. The van der Waals surface area contributed by atoms with Gasteiger partial charge >= 0.3 is 0 Å². The van der Waals surface area contributed by atoms with Gasteiger partial charge in [-0.3, -0.25) is 4.79 Å². The molecule has 0 aliphatic heterocycles. The van der Waals surface area contributed by atoms with E-state index in [0.717, 1.165) is 16.4 Å². The average molecular weight is 303 g/mol. The standard InChI is InChI=1S/C12H18FN3O3S/c1-8-6-9(13)10(14)7-11(8)20(18,19)16(3)5-4-12(17)15-2/h6-7H,4-5,14H2,1-3H3,(H,15,17). The summed E-state index contributed by atoms with van der Waals surface area (Å²) in [5, 5.41) is 2.41. The third kappa shape index (κ3) is 3.45. The second-order valence-electron chi connectivity index (χ2n) is 4.39. The highest BCUT2D eigenvalue weighted by Crippen LogP contribution is 2.24. The van der Waals surface area contributed by atoms with Crippen molar-refractivity contribution in [3.63, 3.8) is 0 Å². The number of halogens is 1. The van der Waals surface area contributed by atoms with Crippen LogP contribution in [0.1, 0.15) is 12.0 Å². The van der Waals surface area contributed by atoms with Crippen molar-refractivity contribution >= 4 is 21.6 Å². The number of sulfonamides is 1. The number of nitrogens with two attached hydrogens (primary N) is 1. The lowest BCUT2D eigenvalue weighted by Crippen LogP contribution is -2.32. The average Bonchev–Trinajstić information content (AvgIpc) is 2.39. The molecule has 6 nitrogen and oxygen atoms in total. The molecule has 1 rings (SSSR count). The number of nitrogens with one attached hydrogen (secondary N) is 1. The molecule has 0 spiro atoms. The number of carbonyl (C=O) groups excluding carboxylic acids is 1. The maximum Gasteiger partial charge on any atom is 0.243 e. The summed E-state index contributed by atoms with van der Waals surface area (Å²) in [6, 6.07) is 2.17. The van der Waals surface area contributed by atoms with E-state index in [4.69, 9.17) is 5.73 Å². The molecule has 1 amide bonds. The van der Waals surface area contributed by atoms with E-state index in [1.54, 1.807) is 0 Å². The zero-order chi connectivity index (χ0) is 15.5. The van der Waals surface area contributed by atoms with Gasteiger partial charge in [-0.15, -0.1) is 0 Å². The van der Waals surface area contributed by atoms with Gasteiger partial charge in [-0.05, 0) is 24.6 Å². The van der Waals surface area contributed by atoms with Crippen LogP contribution in [0.25, 0.3) is 0 Å². The number of amides is 1. The molecule has 0 saturated heterocycles. The summed E-state index contributed by atoms with van der Waals surface area (Å²) in [7, 11) is -0.974. The van der Waals surface area contributed by atoms with Gasteiger partial charge < -0.3 is 11.1 Å². The number of carbonyl (C=O) groups is 1. The molecule has 0 atom stereocenters. The van der Waals surface area contributed by atoms with Crippen molar-refractivity contribution < 1.29 is 17.6 Å². The lowest BCUT2D eigenvalue weighted by atomic mass is 10.2. The SMILES string of the molecule is CNC(=O)CCN(C)S(=O)(=O)c1cc(N)c(F)cc1C. The molecular formula is C12H18FN3O3S. The number of nitrogen functional groups attached to an aromatic ring is 1. The first kappa shape index (κ1) is 16.4. The van der Waals surface area contributed by atoms with E-state index < -0.39 is 15.8 Å². The highest BCUT2D eigenvalue weighted by Gasteiger charge is 2.24. The molecule has 3 N–H and O–H groups in total. The molecule has 0 aliphatic carbocycles. The van der Waals surface area contributed by atoms with Gasteiger partial charge in [0.05, 0.1) is 10.6 Å². The minimum absolute atomic E-state index is 0.0265. The van der Waals surface area contributed by atoms with E-state index in [1.807, 2.05) is 0 Å². The fourth-order valence-corrected chi connectivity index (χ4v) is 3.03. The first-order valence-corrected chi connectivity index (χ1v) is 7.36. The number of anilines is 1. The van der Waals surface area contributed by atoms with Crippen LogP contribution < -0.4 is 11.1 Å². The maximum absolute atomic E-state index is 13.3. The molecule has 0 bridgehead atoms. The summed E-state index contributed by atoms with van der Waals surface area (Å²) in [6.07, 6.45) is 0.0436. The number of benzene rings is 1. The summed E-state index contributed by atoms with van der Waals surface area (Å²) in [6.45, 7) is 1.51. The highest BCUT2D eigenvalue weighted by atomic mass is 32.2. The van der Waals surface area contributed by atoms with Gasteiger partial charge in [0.1, 0.15) is 5.82 Å². The van der Waals surface area contributed by atoms with Crippen molar-refractivity contribution in [3.8, 4) is 0 Å². The number of aryl methyl sites for hydroxylation is 1. The van der Waals surface area contributed by atoms with E-state index in [1.165, 1.54) is 21.0 Å². The van der Waals surface area contributed by atoms with Gasteiger partial charge in [0, 0.05) is 27.1 Å². The van der Waals surface area contributed by atoms with Gasteiger partial charge in [0.2, 0.25) is 15.9 Å². The highest BCUT2D eigenvalue weighted by molar-refractivity contribution is 7.89. The van der Waals surface area contributed by atoms with E-state index in [9.17, 15) is 17.6 Å². The summed E-state index contributed by atoms with van der Waals surface area (Å²) in [5.74, 6) is -0.920. The zero-order valence-corrected chi connectivity index (χ0v) is 12.4. The summed E-state index contributed by atoms with van der Waals surface area (Å²) in [4.78, 5) is 11.1. The molecule has 1 aromatic rings. The predicted octanol–water partition coefficient (Wildman–Crippen LogP) is 0.473. The Hall–Kier alpha value is -1.67. The predicted molar refractivity (Wildman–Crippen MR) is 74.0 cm³/mol. The smallest absolute Gasteiger partial charge is 0.243 e. The summed E-state index contributed by atoms with van der Waals surface area (Å²) in [5.41, 5.74) is 5.45. The molecule has 0 aliphatic rings. The van der Waals surface area contributed by atoms with Crippen molar-refractivity contribution in [1.82, 2.24) is 9.62 Å². The second-order valence-corrected chi connectivity index (χ2v) is 6.40. The van der Waals surface area contributed by atoms with E-state index >= 15 is 0 Å². The molecule has 0 radical (unpaired) electrons. The number of rotatable bonds is 5. The van der Waals surface area contributed by atoms with Crippen LogP contribution in [0.5, 0.6) is 0 Å². The van der Waals surface area contributed by atoms with Crippen LogP contribution in [-0.2, 0) is 14.8 Å². The fourth-order valence-electron chi connectivity index (χ4n) is 1.62. The Labute approximate surface area is 117 Å². The van der Waals surface area contributed by atoms with E-state index in [0.29, 0.717) is 0 Å². The van der Waals surface area contributed by atoms with Gasteiger partial charge in [0.25, 0.3) is 0 Å². The maximum atomic E-state index is 13.3. The van der Waals surface area contributed by atoms with Crippen LogP contribution in [-0.4, -0.2) is 39.3 Å². The first-order valence-electron chi connectivity index (χ1n) is 5.92.